The molecule has 1 unspecified atom stereocenters. The Labute approximate surface area is 122 Å². The first kappa shape index (κ1) is 13.3. The van der Waals surface area contributed by atoms with Crippen molar-refractivity contribution < 1.29 is 4.79 Å². The Hall–Kier alpha value is -1.72. The molecule has 1 atom stereocenters. The molecule has 0 spiro atoms. The van der Waals surface area contributed by atoms with Gasteiger partial charge in [0.05, 0.1) is 0 Å². The number of amides is 1. The molecule has 1 amide bonds. The van der Waals surface area contributed by atoms with Gasteiger partial charge in [0, 0.05) is 34.8 Å². The quantitative estimate of drug-likeness (QED) is 0.910. The van der Waals surface area contributed by atoms with Crippen molar-refractivity contribution in [2.75, 3.05) is 13.1 Å². The molecule has 4 nitrogen and oxygen atoms in total. The fraction of sp³-hybridized carbons (Fsp3) is 0.333. The van der Waals surface area contributed by atoms with Gasteiger partial charge < -0.3 is 10.6 Å². The number of carbonyl (C=O) groups excluding carboxylic acids is 1. The van der Waals surface area contributed by atoms with E-state index in [1.165, 1.54) is 0 Å². The van der Waals surface area contributed by atoms with Crippen LogP contribution in [0.3, 0.4) is 0 Å². The van der Waals surface area contributed by atoms with Crippen LogP contribution in [0.4, 0.5) is 0 Å². The number of hydrogen-bond acceptors (Lipinski definition) is 4. The zero-order valence-electron chi connectivity index (χ0n) is 11.3. The predicted octanol–water partition coefficient (Wildman–Crippen LogP) is 2.21. The van der Waals surface area contributed by atoms with Crippen LogP contribution in [0.2, 0.25) is 0 Å². The second-order valence-corrected chi connectivity index (χ2v) is 5.90. The highest BCUT2D eigenvalue weighted by Crippen LogP contribution is 2.24. The number of nitrogens with zero attached hydrogens (tertiary/aromatic N) is 1. The lowest BCUT2D eigenvalue weighted by Crippen LogP contribution is -2.36. The SMILES string of the molecule is Cc1csc(-c2cccc(C(=O)NC3CCNC3)c2)n1. The number of aromatic nitrogens is 1. The summed E-state index contributed by atoms with van der Waals surface area (Å²) in [7, 11) is 0. The summed E-state index contributed by atoms with van der Waals surface area (Å²) in [5.74, 6) is -0.00571. The van der Waals surface area contributed by atoms with Gasteiger partial charge in [-0.05, 0) is 32.0 Å². The molecule has 1 aliphatic rings. The van der Waals surface area contributed by atoms with Crippen molar-refractivity contribution in [3.05, 3.63) is 40.9 Å². The lowest BCUT2D eigenvalue weighted by molar-refractivity contribution is 0.0940. The minimum absolute atomic E-state index is 0.00571. The van der Waals surface area contributed by atoms with Crippen LogP contribution in [0, 0.1) is 6.92 Å². The number of hydrogen-bond donors (Lipinski definition) is 2. The fourth-order valence-electron chi connectivity index (χ4n) is 2.33. The largest absolute Gasteiger partial charge is 0.348 e. The maximum Gasteiger partial charge on any atom is 0.251 e. The van der Waals surface area contributed by atoms with Gasteiger partial charge in [0.2, 0.25) is 0 Å². The summed E-state index contributed by atoms with van der Waals surface area (Å²) >= 11 is 1.60. The van der Waals surface area contributed by atoms with E-state index in [2.05, 4.69) is 15.6 Å². The standard InChI is InChI=1S/C15H17N3OS/c1-10-9-20-15(17-10)12-4-2-3-11(7-12)14(19)18-13-5-6-16-8-13/h2-4,7,9,13,16H,5-6,8H2,1H3,(H,18,19). The molecule has 2 aromatic rings. The van der Waals surface area contributed by atoms with Crippen molar-refractivity contribution in [3.63, 3.8) is 0 Å². The molecule has 2 heterocycles. The lowest BCUT2D eigenvalue weighted by atomic mass is 10.1. The van der Waals surface area contributed by atoms with E-state index in [4.69, 9.17) is 0 Å². The van der Waals surface area contributed by atoms with Crippen molar-refractivity contribution in [2.45, 2.75) is 19.4 Å². The van der Waals surface area contributed by atoms with Gasteiger partial charge in [-0.25, -0.2) is 4.98 Å². The number of nitrogens with one attached hydrogen (secondary N) is 2. The summed E-state index contributed by atoms with van der Waals surface area (Å²) in [6.45, 7) is 3.81. The van der Waals surface area contributed by atoms with Crippen LogP contribution < -0.4 is 10.6 Å². The molecular formula is C15H17N3OS. The van der Waals surface area contributed by atoms with Crippen LogP contribution in [0.5, 0.6) is 0 Å². The average molecular weight is 287 g/mol. The fourth-order valence-corrected chi connectivity index (χ4v) is 3.12. The minimum atomic E-state index is -0.00571. The first-order chi connectivity index (χ1) is 9.72. The van der Waals surface area contributed by atoms with Crippen molar-refractivity contribution in [2.24, 2.45) is 0 Å². The third-order valence-electron chi connectivity index (χ3n) is 3.39. The molecule has 1 saturated heterocycles. The third kappa shape index (κ3) is 2.89. The van der Waals surface area contributed by atoms with E-state index in [9.17, 15) is 4.79 Å². The molecule has 0 bridgehead atoms. The van der Waals surface area contributed by atoms with Crippen molar-refractivity contribution >= 4 is 17.2 Å². The van der Waals surface area contributed by atoms with Crippen LogP contribution in [-0.4, -0.2) is 30.0 Å². The number of carbonyl (C=O) groups is 1. The highest BCUT2D eigenvalue weighted by Gasteiger charge is 2.17. The van der Waals surface area contributed by atoms with Crippen LogP contribution in [0.15, 0.2) is 29.6 Å². The second-order valence-electron chi connectivity index (χ2n) is 5.04. The van der Waals surface area contributed by atoms with Crippen LogP contribution in [0.25, 0.3) is 10.6 Å². The van der Waals surface area contributed by atoms with E-state index in [-0.39, 0.29) is 11.9 Å². The van der Waals surface area contributed by atoms with Gasteiger partial charge in [0.1, 0.15) is 5.01 Å². The lowest BCUT2D eigenvalue weighted by Gasteiger charge is -2.11. The summed E-state index contributed by atoms with van der Waals surface area (Å²) in [6.07, 6.45) is 0.997. The molecule has 1 aromatic carbocycles. The topological polar surface area (TPSA) is 54.0 Å². The number of rotatable bonds is 3. The van der Waals surface area contributed by atoms with Gasteiger partial charge in [-0.1, -0.05) is 12.1 Å². The zero-order valence-corrected chi connectivity index (χ0v) is 12.2. The zero-order chi connectivity index (χ0) is 13.9. The molecule has 0 saturated carbocycles. The van der Waals surface area contributed by atoms with E-state index in [0.29, 0.717) is 5.56 Å². The minimum Gasteiger partial charge on any atom is -0.348 e. The van der Waals surface area contributed by atoms with E-state index in [1.807, 2.05) is 36.6 Å². The molecule has 0 aliphatic carbocycles. The van der Waals surface area contributed by atoms with Crippen LogP contribution in [0.1, 0.15) is 22.5 Å². The van der Waals surface area contributed by atoms with Gasteiger partial charge in [-0.3, -0.25) is 4.79 Å². The monoisotopic (exact) mass is 287 g/mol. The van der Waals surface area contributed by atoms with Crippen LogP contribution in [-0.2, 0) is 0 Å². The Bertz CT molecular complexity index is 617. The Balaban J connectivity index is 1.78. The number of benzene rings is 1. The van der Waals surface area contributed by atoms with E-state index >= 15 is 0 Å². The maximum absolute atomic E-state index is 12.2. The Morgan fingerprint density at radius 1 is 1.50 bits per heavy atom. The van der Waals surface area contributed by atoms with Crippen molar-refractivity contribution in [3.8, 4) is 10.6 Å². The summed E-state index contributed by atoms with van der Waals surface area (Å²) in [6, 6.07) is 7.91. The molecule has 5 heteroatoms. The highest BCUT2D eigenvalue weighted by molar-refractivity contribution is 7.13. The average Bonchev–Trinajstić information content (AvgIpc) is 3.10. The molecule has 1 aliphatic heterocycles. The van der Waals surface area contributed by atoms with Crippen molar-refractivity contribution in [1.82, 2.24) is 15.6 Å². The summed E-state index contributed by atoms with van der Waals surface area (Å²) < 4.78 is 0. The maximum atomic E-state index is 12.2. The predicted molar refractivity (Wildman–Crippen MR) is 81.0 cm³/mol. The molecule has 1 aromatic heterocycles. The number of aryl methyl sites for hydroxylation is 1. The van der Waals surface area contributed by atoms with Crippen molar-refractivity contribution in [1.29, 1.82) is 0 Å². The van der Waals surface area contributed by atoms with Crippen LogP contribution >= 0.6 is 11.3 Å². The van der Waals surface area contributed by atoms with Gasteiger partial charge in [0.25, 0.3) is 5.91 Å². The molecule has 2 N–H and O–H groups in total. The van der Waals surface area contributed by atoms with Gasteiger partial charge in [-0.2, -0.15) is 0 Å². The summed E-state index contributed by atoms with van der Waals surface area (Å²) in [5, 5.41) is 9.28. The first-order valence-electron chi connectivity index (χ1n) is 6.76. The Morgan fingerprint density at radius 2 is 2.40 bits per heavy atom. The molecule has 3 rings (SSSR count). The van der Waals surface area contributed by atoms with E-state index in [0.717, 1.165) is 35.8 Å². The molecule has 1 fully saturated rings. The van der Waals surface area contributed by atoms with E-state index in [1.54, 1.807) is 11.3 Å². The summed E-state index contributed by atoms with van der Waals surface area (Å²) in [4.78, 5) is 16.7. The normalized spacial score (nSPS) is 18.1. The van der Waals surface area contributed by atoms with Gasteiger partial charge in [-0.15, -0.1) is 11.3 Å². The Kier molecular flexibility index (Phi) is 3.80. The second kappa shape index (κ2) is 5.73. The summed E-state index contributed by atoms with van der Waals surface area (Å²) in [5.41, 5.74) is 2.71. The smallest absolute Gasteiger partial charge is 0.251 e. The van der Waals surface area contributed by atoms with Gasteiger partial charge >= 0.3 is 0 Å². The van der Waals surface area contributed by atoms with E-state index < -0.39 is 0 Å². The molecule has 0 radical (unpaired) electrons. The van der Waals surface area contributed by atoms with Gasteiger partial charge in [0.15, 0.2) is 0 Å². The molecule has 20 heavy (non-hydrogen) atoms. The Morgan fingerprint density at radius 3 is 3.10 bits per heavy atom. The third-order valence-corrected chi connectivity index (χ3v) is 4.40. The molecule has 104 valence electrons. The molecular weight excluding hydrogens is 270 g/mol. The highest BCUT2D eigenvalue weighted by atomic mass is 32.1. The number of thiazole rings is 1. The first-order valence-corrected chi connectivity index (χ1v) is 7.64.